The van der Waals surface area contributed by atoms with Crippen molar-refractivity contribution in [2.24, 2.45) is 5.73 Å². The van der Waals surface area contributed by atoms with E-state index in [0.29, 0.717) is 22.6 Å². The lowest BCUT2D eigenvalue weighted by Crippen LogP contribution is -2.21. The maximum Gasteiger partial charge on any atom is 0.253 e. The van der Waals surface area contributed by atoms with Crippen molar-refractivity contribution in [2.45, 2.75) is 39.3 Å². The van der Waals surface area contributed by atoms with E-state index in [1.54, 1.807) is 6.92 Å². The number of nitrogens with zero attached hydrogens (tertiary/aromatic N) is 2. The Morgan fingerprint density at radius 1 is 1.40 bits per heavy atom. The third-order valence-corrected chi connectivity index (χ3v) is 3.23. The van der Waals surface area contributed by atoms with Gasteiger partial charge in [-0.3, -0.25) is 0 Å². The molecule has 5 nitrogen and oxygen atoms in total. The summed E-state index contributed by atoms with van der Waals surface area (Å²) in [7, 11) is 0. The molecule has 0 aliphatic carbocycles. The molecule has 0 spiro atoms. The van der Waals surface area contributed by atoms with Gasteiger partial charge in [0.05, 0.1) is 5.02 Å². The number of aromatic nitrogens is 2. The molecule has 1 unspecified atom stereocenters. The summed E-state index contributed by atoms with van der Waals surface area (Å²) >= 11 is 6.20. The number of benzene rings is 1. The van der Waals surface area contributed by atoms with Crippen molar-refractivity contribution in [3.63, 3.8) is 0 Å². The lowest BCUT2D eigenvalue weighted by molar-refractivity contribution is 0.260. The maximum absolute atomic E-state index is 6.20. The molecule has 2 aromatic rings. The van der Waals surface area contributed by atoms with Crippen LogP contribution in [-0.2, 0) is 13.0 Å². The van der Waals surface area contributed by atoms with Crippen molar-refractivity contribution in [1.29, 1.82) is 0 Å². The molecule has 0 fully saturated rings. The lowest BCUT2D eigenvalue weighted by atomic mass is 10.0. The summed E-state index contributed by atoms with van der Waals surface area (Å²) in [5, 5.41) is 8.15. The van der Waals surface area contributed by atoms with Crippen molar-refractivity contribution in [1.82, 2.24) is 10.2 Å². The van der Waals surface area contributed by atoms with Gasteiger partial charge in [0.1, 0.15) is 5.75 Å². The molecule has 6 heteroatoms. The van der Waals surface area contributed by atoms with Gasteiger partial charge in [-0.2, -0.15) is 0 Å². The summed E-state index contributed by atoms with van der Waals surface area (Å²) < 4.78 is 10.8. The highest BCUT2D eigenvalue weighted by molar-refractivity contribution is 6.32. The molecule has 1 atom stereocenters. The molecule has 2 rings (SSSR count). The molecule has 1 heterocycles. The van der Waals surface area contributed by atoms with Gasteiger partial charge in [-0.15, -0.1) is 10.2 Å². The fourth-order valence-electron chi connectivity index (χ4n) is 1.77. The monoisotopic (exact) mass is 295 g/mol. The predicted molar refractivity (Wildman–Crippen MR) is 76.8 cm³/mol. The van der Waals surface area contributed by atoms with Gasteiger partial charge < -0.3 is 14.9 Å². The normalized spacial score (nSPS) is 12.4. The number of aryl methyl sites for hydroxylation is 1. The molecule has 1 aromatic heterocycles. The Labute approximate surface area is 123 Å². The molecule has 2 N–H and O–H groups in total. The average molecular weight is 296 g/mol. The van der Waals surface area contributed by atoms with Crippen LogP contribution in [0, 0.1) is 6.92 Å². The second-order valence-electron chi connectivity index (χ2n) is 4.64. The van der Waals surface area contributed by atoms with E-state index in [2.05, 4.69) is 17.1 Å². The Bertz CT molecular complexity index is 571. The molecular weight excluding hydrogens is 278 g/mol. The molecule has 1 aromatic carbocycles. The maximum atomic E-state index is 6.20. The summed E-state index contributed by atoms with van der Waals surface area (Å²) in [6.07, 6.45) is 1.74. The smallest absolute Gasteiger partial charge is 0.253 e. The molecular formula is C14H18ClN3O2. The predicted octanol–water partition coefficient (Wildman–Crippen LogP) is 2.89. The van der Waals surface area contributed by atoms with E-state index in [0.717, 1.165) is 18.4 Å². The van der Waals surface area contributed by atoms with E-state index in [1.165, 1.54) is 0 Å². The first-order valence-electron chi connectivity index (χ1n) is 6.54. The summed E-state index contributed by atoms with van der Waals surface area (Å²) in [5.74, 6) is 1.53. The first-order chi connectivity index (χ1) is 9.58. The standard InChI is InChI=1S/C14H18ClN3O2/c1-3-11(16)6-10-4-5-13(12(15)7-10)19-8-14-18-17-9(2)20-14/h4-5,7,11H,3,6,8,16H2,1-2H3. The zero-order valence-electron chi connectivity index (χ0n) is 11.6. The number of nitrogens with two attached hydrogens (primary N) is 1. The quantitative estimate of drug-likeness (QED) is 0.887. The SMILES string of the molecule is CCC(N)Cc1ccc(OCc2nnc(C)o2)c(Cl)c1. The summed E-state index contributed by atoms with van der Waals surface area (Å²) in [5.41, 5.74) is 7.03. The first kappa shape index (κ1) is 14.8. The molecule has 20 heavy (non-hydrogen) atoms. The van der Waals surface area contributed by atoms with Crippen molar-refractivity contribution < 1.29 is 9.15 Å². The number of hydrogen-bond donors (Lipinski definition) is 1. The molecule has 108 valence electrons. The molecule has 0 saturated carbocycles. The number of hydrogen-bond acceptors (Lipinski definition) is 5. The van der Waals surface area contributed by atoms with Crippen LogP contribution in [0.15, 0.2) is 22.6 Å². The third-order valence-electron chi connectivity index (χ3n) is 2.94. The van der Waals surface area contributed by atoms with E-state index >= 15 is 0 Å². The zero-order valence-corrected chi connectivity index (χ0v) is 12.4. The summed E-state index contributed by atoms with van der Waals surface area (Å²) in [4.78, 5) is 0. The Balaban J connectivity index is 1.98. The minimum atomic E-state index is 0.152. The summed E-state index contributed by atoms with van der Waals surface area (Å²) in [6.45, 7) is 4.00. The zero-order chi connectivity index (χ0) is 14.5. The Morgan fingerprint density at radius 2 is 2.20 bits per heavy atom. The van der Waals surface area contributed by atoms with E-state index in [4.69, 9.17) is 26.5 Å². The van der Waals surface area contributed by atoms with Gasteiger partial charge in [0.15, 0.2) is 6.61 Å². The van der Waals surface area contributed by atoms with Gasteiger partial charge in [0.25, 0.3) is 5.89 Å². The highest BCUT2D eigenvalue weighted by Gasteiger charge is 2.08. The van der Waals surface area contributed by atoms with Crippen molar-refractivity contribution in [3.05, 3.63) is 40.6 Å². The van der Waals surface area contributed by atoms with Crippen LogP contribution in [0.2, 0.25) is 5.02 Å². The average Bonchev–Trinajstić information content (AvgIpc) is 2.83. The molecule has 0 saturated heterocycles. The van der Waals surface area contributed by atoms with Crippen LogP contribution in [0.5, 0.6) is 5.75 Å². The Hall–Kier alpha value is -1.59. The van der Waals surface area contributed by atoms with Gasteiger partial charge in [0.2, 0.25) is 5.89 Å². The lowest BCUT2D eigenvalue weighted by Gasteiger charge is -2.11. The molecule has 0 radical (unpaired) electrons. The minimum absolute atomic E-state index is 0.152. The number of halogens is 1. The van der Waals surface area contributed by atoms with E-state index in [9.17, 15) is 0 Å². The van der Waals surface area contributed by atoms with Crippen molar-refractivity contribution in [2.75, 3.05) is 0 Å². The van der Waals surface area contributed by atoms with E-state index in [-0.39, 0.29) is 12.6 Å². The van der Waals surface area contributed by atoms with E-state index in [1.807, 2.05) is 18.2 Å². The second-order valence-corrected chi connectivity index (χ2v) is 5.05. The highest BCUT2D eigenvalue weighted by Crippen LogP contribution is 2.26. The third kappa shape index (κ3) is 3.95. The Kier molecular flexibility index (Phi) is 4.98. The van der Waals surface area contributed by atoms with Gasteiger partial charge in [-0.1, -0.05) is 24.6 Å². The minimum Gasteiger partial charge on any atom is -0.482 e. The van der Waals surface area contributed by atoms with Crippen molar-refractivity contribution in [3.8, 4) is 5.75 Å². The fraction of sp³-hybridized carbons (Fsp3) is 0.429. The van der Waals surface area contributed by atoms with Crippen LogP contribution >= 0.6 is 11.6 Å². The van der Waals surface area contributed by atoms with Gasteiger partial charge in [-0.05, 0) is 30.5 Å². The molecule has 0 aliphatic rings. The Morgan fingerprint density at radius 3 is 2.80 bits per heavy atom. The van der Waals surface area contributed by atoms with Crippen LogP contribution in [0.25, 0.3) is 0 Å². The van der Waals surface area contributed by atoms with Crippen molar-refractivity contribution >= 4 is 11.6 Å². The molecule has 0 aliphatic heterocycles. The van der Waals surface area contributed by atoms with Crippen LogP contribution in [-0.4, -0.2) is 16.2 Å². The van der Waals surface area contributed by atoms with Gasteiger partial charge >= 0.3 is 0 Å². The van der Waals surface area contributed by atoms with Crippen LogP contribution in [0.1, 0.15) is 30.7 Å². The topological polar surface area (TPSA) is 74.2 Å². The summed E-state index contributed by atoms with van der Waals surface area (Å²) in [6, 6.07) is 5.84. The molecule has 0 amide bonds. The van der Waals surface area contributed by atoms with Gasteiger partial charge in [0, 0.05) is 13.0 Å². The first-order valence-corrected chi connectivity index (χ1v) is 6.92. The largest absolute Gasteiger partial charge is 0.482 e. The van der Waals surface area contributed by atoms with Crippen LogP contribution < -0.4 is 10.5 Å². The van der Waals surface area contributed by atoms with E-state index < -0.39 is 0 Å². The van der Waals surface area contributed by atoms with Crippen LogP contribution in [0.4, 0.5) is 0 Å². The number of ether oxygens (including phenoxy) is 1. The fourth-order valence-corrected chi connectivity index (χ4v) is 2.03. The second kappa shape index (κ2) is 6.72. The number of rotatable bonds is 6. The molecule has 0 bridgehead atoms. The highest BCUT2D eigenvalue weighted by atomic mass is 35.5. The van der Waals surface area contributed by atoms with Gasteiger partial charge in [-0.25, -0.2) is 0 Å². The van der Waals surface area contributed by atoms with Crippen LogP contribution in [0.3, 0.4) is 0 Å².